The minimum atomic E-state index is -0.420. The highest BCUT2D eigenvalue weighted by molar-refractivity contribution is 8.00. The Morgan fingerprint density at radius 1 is 1.06 bits per heavy atom. The molecule has 2 aromatic carbocycles. The van der Waals surface area contributed by atoms with Crippen LogP contribution in [0.3, 0.4) is 0 Å². The summed E-state index contributed by atoms with van der Waals surface area (Å²) in [5, 5.41) is 10.8. The number of nitrogens with zero attached hydrogens (tertiary/aromatic N) is 3. The zero-order valence-electron chi connectivity index (χ0n) is 16.8. The number of ether oxygens (including phenoxy) is 1. The maximum absolute atomic E-state index is 12.5. The summed E-state index contributed by atoms with van der Waals surface area (Å²) in [4.78, 5) is 16.6. The van der Waals surface area contributed by atoms with Crippen LogP contribution in [0, 0.1) is 0 Å². The van der Waals surface area contributed by atoms with Crippen LogP contribution in [0.4, 0.5) is 5.69 Å². The highest BCUT2D eigenvalue weighted by atomic mass is 32.2. The van der Waals surface area contributed by atoms with Crippen molar-refractivity contribution in [1.29, 1.82) is 0 Å². The SMILES string of the molecule is C[C@H](Sc1nnc(-c2cccnc2)o1)C(=O)Nc1ccc(OCc2ccccc2)cc1. The predicted octanol–water partition coefficient (Wildman–Crippen LogP) is 4.83. The maximum Gasteiger partial charge on any atom is 0.277 e. The molecule has 31 heavy (non-hydrogen) atoms. The number of pyridine rings is 1. The van der Waals surface area contributed by atoms with E-state index in [1.54, 1.807) is 25.4 Å². The molecule has 1 amide bonds. The fraction of sp³-hybridized carbons (Fsp3) is 0.130. The quantitative estimate of drug-likeness (QED) is 0.399. The molecule has 4 rings (SSSR count). The first-order valence-corrected chi connectivity index (χ1v) is 10.5. The van der Waals surface area contributed by atoms with E-state index < -0.39 is 5.25 Å². The topological polar surface area (TPSA) is 90.1 Å². The first kappa shape index (κ1) is 20.6. The van der Waals surface area contributed by atoms with Crippen LogP contribution in [0.25, 0.3) is 11.5 Å². The van der Waals surface area contributed by atoms with E-state index in [9.17, 15) is 4.79 Å². The van der Waals surface area contributed by atoms with Crippen LogP contribution < -0.4 is 10.1 Å². The van der Waals surface area contributed by atoms with Crippen molar-refractivity contribution in [2.24, 2.45) is 0 Å². The van der Waals surface area contributed by atoms with Gasteiger partial charge in [0.15, 0.2) is 0 Å². The van der Waals surface area contributed by atoms with Gasteiger partial charge in [0.1, 0.15) is 12.4 Å². The van der Waals surface area contributed by atoms with Crippen LogP contribution in [0.2, 0.25) is 0 Å². The highest BCUT2D eigenvalue weighted by Gasteiger charge is 2.19. The molecule has 0 radical (unpaired) electrons. The second kappa shape index (κ2) is 9.90. The van der Waals surface area contributed by atoms with E-state index in [0.717, 1.165) is 16.9 Å². The Morgan fingerprint density at radius 3 is 2.61 bits per heavy atom. The first-order valence-electron chi connectivity index (χ1n) is 9.65. The average molecular weight is 433 g/mol. The third-order valence-corrected chi connectivity index (χ3v) is 5.27. The molecule has 0 saturated heterocycles. The van der Waals surface area contributed by atoms with Crippen molar-refractivity contribution in [2.45, 2.75) is 24.0 Å². The van der Waals surface area contributed by atoms with Gasteiger partial charge in [0.05, 0.1) is 10.8 Å². The number of amides is 1. The minimum absolute atomic E-state index is 0.163. The molecule has 0 aliphatic carbocycles. The monoisotopic (exact) mass is 432 g/mol. The number of carbonyl (C=O) groups excluding carboxylic acids is 1. The first-order chi connectivity index (χ1) is 15.2. The molecular weight excluding hydrogens is 412 g/mol. The van der Waals surface area contributed by atoms with Gasteiger partial charge in [-0.3, -0.25) is 9.78 Å². The number of hydrogen-bond donors (Lipinski definition) is 1. The van der Waals surface area contributed by atoms with E-state index in [1.165, 1.54) is 11.8 Å². The third-order valence-electron chi connectivity index (χ3n) is 4.33. The number of thioether (sulfide) groups is 1. The average Bonchev–Trinajstić information content (AvgIpc) is 3.28. The Labute approximate surface area is 183 Å². The molecule has 2 heterocycles. The lowest BCUT2D eigenvalue weighted by Crippen LogP contribution is -2.22. The smallest absolute Gasteiger partial charge is 0.277 e. The summed E-state index contributed by atoms with van der Waals surface area (Å²) in [7, 11) is 0. The second-order valence-corrected chi connectivity index (χ2v) is 7.95. The Kier molecular flexibility index (Phi) is 6.59. The van der Waals surface area contributed by atoms with E-state index in [4.69, 9.17) is 9.15 Å². The molecule has 2 aromatic heterocycles. The van der Waals surface area contributed by atoms with Gasteiger partial charge in [0.2, 0.25) is 11.8 Å². The van der Waals surface area contributed by atoms with Gasteiger partial charge in [-0.25, -0.2) is 0 Å². The van der Waals surface area contributed by atoms with Crippen LogP contribution in [-0.4, -0.2) is 26.3 Å². The van der Waals surface area contributed by atoms with Gasteiger partial charge in [-0.05, 0) is 48.9 Å². The summed E-state index contributed by atoms with van der Waals surface area (Å²) < 4.78 is 11.4. The van der Waals surface area contributed by atoms with Gasteiger partial charge in [-0.1, -0.05) is 42.1 Å². The normalized spacial score (nSPS) is 11.6. The molecule has 0 saturated carbocycles. The maximum atomic E-state index is 12.5. The molecule has 0 aliphatic rings. The Balaban J connectivity index is 1.29. The van der Waals surface area contributed by atoms with Crippen molar-refractivity contribution >= 4 is 23.4 Å². The fourth-order valence-electron chi connectivity index (χ4n) is 2.69. The zero-order valence-corrected chi connectivity index (χ0v) is 17.6. The van der Waals surface area contributed by atoms with Gasteiger partial charge in [0.25, 0.3) is 5.22 Å². The lowest BCUT2D eigenvalue weighted by molar-refractivity contribution is -0.115. The molecule has 4 aromatic rings. The number of rotatable bonds is 8. The van der Waals surface area contributed by atoms with Crippen molar-refractivity contribution in [2.75, 3.05) is 5.32 Å². The molecule has 7 nitrogen and oxygen atoms in total. The largest absolute Gasteiger partial charge is 0.489 e. The third kappa shape index (κ3) is 5.70. The molecule has 1 atom stereocenters. The van der Waals surface area contributed by atoms with Gasteiger partial charge in [0, 0.05) is 18.1 Å². The summed E-state index contributed by atoms with van der Waals surface area (Å²) in [6.45, 7) is 2.27. The van der Waals surface area contributed by atoms with Gasteiger partial charge >= 0.3 is 0 Å². The molecule has 1 N–H and O–H groups in total. The number of benzene rings is 2. The van der Waals surface area contributed by atoms with E-state index >= 15 is 0 Å². The van der Waals surface area contributed by atoms with Crippen LogP contribution >= 0.6 is 11.8 Å². The summed E-state index contributed by atoms with van der Waals surface area (Å²) in [6, 6.07) is 20.8. The minimum Gasteiger partial charge on any atom is -0.489 e. The second-order valence-electron chi connectivity index (χ2n) is 6.66. The van der Waals surface area contributed by atoms with Crippen LogP contribution in [0.15, 0.2) is 88.8 Å². The Hall–Kier alpha value is -3.65. The summed E-state index contributed by atoms with van der Waals surface area (Å²) in [6.07, 6.45) is 3.31. The Morgan fingerprint density at radius 2 is 1.87 bits per heavy atom. The van der Waals surface area contributed by atoms with E-state index in [0.29, 0.717) is 23.4 Å². The molecule has 156 valence electrons. The predicted molar refractivity (Wildman–Crippen MR) is 119 cm³/mol. The molecule has 0 aliphatic heterocycles. The lowest BCUT2D eigenvalue weighted by atomic mass is 10.2. The van der Waals surface area contributed by atoms with Gasteiger partial charge in [-0.2, -0.15) is 0 Å². The van der Waals surface area contributed by atoms with Gasteiger partial charge < -0.3 is 14.5 Å². The lowest BCUT2D eigenvalue weighted by Gasteiger charge is -2.11. The van der Waals surface area contributed by atoms with Crippen molar-refractivity contribution < 1.29 is 13.9 Å². The van der Waals surface area contributed by atoms with E-state index in [1.807, 2.05) is 60.7 Å². The number of nitrogens with one attached hydrogen (secondary N) is 1. The summed E-state index contributed by atoms with van der Waals surface area (Å²) >= 11 is 1.20. The zero-order chi connectivity index (χ0) is 21.5. The molecule has 8 heteroatoms. The number of carbonyl (C=O) groups is 1. The van der Waals surface area contributed by atoms with E-state index in [2.05, 4.69) is 20.5 Å². The van der Waals surface area contributed by atoms with Crippen molar-refractivity contribution in [3.63, 3.8) is 0 Å². The van der Waals surface area contributed by atoms with Crippen molar-refractivity contribution in [3.05, 3.63) is 84.7 Å². The number of hydrogen-bond acceptors (Lipinski definition) is 7. The summed E-state index contributed by atoms with van der Waals surface area (Å²) in [5.74, 6) is 0.941. The highest BCUT2D eigenvalue weighted by Crippen LogP contribution is 2.26. The van der Waals surface area contributed by atoms with Crippen LogP contribution in [0.1, 0.15) is 12.5 Å². The molecule has 0 unspecified atom stereocenters. The van der Waals surface area contributed by atoms with Gasteiger partial charge in [-0.15, -0.1) is 10.2 Å². The molecule has 0 fully saturated rings. The molecular formula is C23H20N4O3S. The summed E-state index contributed by atoms with van der Waals surface area (Å²) in [5.41, 5.74) is 2.51. The van der Waals surface area contributed by atoms with E-state index in [-0.39, 0.29) is 5.91 Å². The molecule has 0 spiro atoms. The van der Waals surface area contributed by atoms with Crippen molar-refractivity contribution in [3.8, 4) is 17.2 Å². The van der Waals surface area contributed by atoms with Crippen LogP contribution in [-0.2, 0) is 11.4 Å². The standard InChI is InChI=1S/C23H20N4O3S/c1-16(31-23-27-26-22(30-23)18-8-5-13-24-14-18)21(28)25-19-9-11-20(12-10-19)29-15-17-6-3-2-4-7-17/h2-14,16H,15H2,1H3,(H,25,28)/t16-/m0/s1. The van der Waals surface area contributed by atoms with Crippen LogP contribution in [0.5, 0.6) is 5.75 Å². The molecule has 0 bridgehead atoms. The Bertz CT molecular complexity index is 1120. The fourth-order valence-corrected chi connectivity index (χ4v) is 3.37. The number of aromatic nitrogens is 3. The van der Waals surface area contributed by atoms with Crippen molar-refractivity contribution in [1.82, 2.24) is 15.2 Å². The number of anilines is 1.